The van der Waals surface area contributed by atoms with Crippen molar-refractivity contribution >= 4 is 0 Å². The normalized spacial score (nSPS) is 36.0. The number of nitrogens with zero attached hydrogens (tertiary/aromatic N) is 1. The van der Waals surface area contributed by atoms with Gasteiger partial charge in [-0.2, -0.15) is 0 Å². The van der Waals surface area contributed by atoms with Crippen molar-refractivity contribution in [2.24, 2.45) is 5.73 Å². The molecule has 0 aromatic rings. The van der Waals surface area contributed by atoms with Gasteiger partial charge in [0.2, 0.25) is 0 Å². The topological polar surface area (TPSA) is 29.3 Å². The highest BCUT2D eigenvalue weighted by atomic mass is 15.2. The molecule has 0 spiro atoms. The maximum Gasteiger partial charge on any atom is 0.0267 e. The molecule has 1 aliphatic rings. The number of likely N-dealkylation sites (tertiary alicyclic amines) is 1. The van der Waals surface area contributed by atoms with Crippen LogP contribution in [0.4, 0.5) is 0 Å². The Morgan fingerprint density at radius 3 is 2.64 bits per heavy atom. The van der Waals surface area contributed by atoms with Gasteiger partial charge < -0.3 is 5.73 Å². The van der Waals surface area contributed by atoms with Crippen molar-refractivity contribution in [1.82, 2.24) is 4.90 Å². The Labute approximate surface area is 69.8 Å². The van der Waals surface area contributed by atoms with E-state index in [2.05, 4.69) is 25.7 Å². The highest BCUT2D eigenvalue weighted by molar-refractivity contribution is 4.91. The monoisotopic (exact) mass is 156 g/mol. The number of hydrogen-bond donors (Lipinski definition) is 1. The standard InChI is InChI=1S/C9H20N2/c1-4-8(2)11-6-5-9(3,10)7-11/h8H,4-7,10H2,1-3H3. The van der Waals surface area contributed by atoms with Crippen molar-refractivity contribution in [3.63, 3.8) is 0 Å². The molecule has 11 heavy (non-hydrogen) atoms. The minimum atomic E-state index is 0.0728. The van der Waals surface area contributed by atoms with Crippen molar-refractivity contribution in [3.05, 3.63) is 0 Å². The number of hydrogen-bond acceptors (Lipinski definition) is 2. The molecule has 1 rings (SSSR count). The van der Waals surface area contributed by atoms with E-state index in [0.29, 0.717) is 6.04 Å². The Kier molecular flexibility index (Phi) is 2.55. The van der Waals surface area contributed by atoms with Gasteiger partial charge in [0, 0.05) is 24.7 Å². The van der Waals surface area contributed by atoms with Gasteiger partial charge in [0.15, 0.2) is 0 Å². The van der Waals surface area contributed by atoms with Crippen molar-refractivity contribution < 1.29 is 0 Å². The Hall–Kier alpha value is -0.0800. The summed E-state index contributed by atoms with van der Waals surface area (Å²) in [6.07, 6.45) is 2.38. The first-order valence-electron chi connectivity index (χ1n) is 4.58. The van der Waals surface area contributed by atoms with Crippen molar-refractivity contribution in [2.45, 2.75) is 45.2 Å². The SMILES string of the molecule is CCC(C)N1CCC(C)(N)C1. The first-order valence-corrected chi connectivity index (χ1v) is 4.58. The summed E-state index contributed by atoms with van der Waals surface area (Å²) in [6, 6.07) is 0.709. The molecule has 0 amide bonds. The maximum atomic E-state index is 6.02. The molecule has 2 atom stereocenters. The second-order valence-electron chi connectivity index (χ2n) is 4.13. The lowest BCUT2D eigenvalue weighted by Crippen LogP contribution is -2.41. The number of rotatable bonds is 2. The Balaban J connectivity index is 2.41. The van der Waals surface area contributed by atoms with Gasteiger partial charge in [-0.15, -0.1) is 0 Å². The van der Waals surface area contributed by atoms with Crippen LogP contribution in [0.1, 0.15) is 33.6 Å². The first kappa shape index (κ1) is 9.01. The summed E-state index contributed by atoms with van der Waals surface area (Å²) >= 11 is 0. The van der Waals surface area contributed by atoms with Crippen molar-refractivity contribution in [2.75, 3.05) is 13.1 Å². The molecule has 0 aromatic heterocycles. The second-order valence-corrected chi connectivity index (χ2v) is 4.13. The Bertz CT molecular complexity index is 132. The molecular formula is C9H20N2. The zero-order chi connectivity index (χ0) is 8.48. The van der Waals surface area contributed by atoms with E-state index in [4.69, 9.17) is 5.73 Å². The lowest BCUT2D eigenvalue weighted by molar-refractivity contribution is 0.240. The van der Waals surface area contributed by atoms with Gasteiger partial charge in [-0.25, -0.2) is 0 Å². The minimum Gasteiger partial charge on any atom is -0.324 e. The van der Waals surface area contributed by atoms with Crippen LogP contribution >= 0.6 is 0 Å². The molecule has 0 bridgehead atoms. The van der Waals surface area contributed by atoms with Crippen LogP contribution in [0, 0.1) is 0 Å². The van der Waals surface area contributed by atoms with Gasteiger partial charge in [0.1, 0.15) is 0 Å². The van der Waals surface area contributed by atoms with E-state index in [0.717, 1.165) is 13.0 Å². The van der Waals surface area contributed by atoms with Gasteiger partial charge in [0.25, 0.3) is 0 Å². The molecule has 0 aliphatic carbocycles. The van der Waals surface area contributed by atoms with Crippen LogP contribution in [-0.4, -0.2) is 29.6 Å². The predicted octanol–water partition coefficient (Wildman–Crippen LogP) is 1.21. The van der Waals surface area contributed by atoms with Crippen LogP contribution in [0.15, 0.2) is 0 Å². The molecule has 1 fully saturated rings. The molecule has 1 heterocycles. The van der Waals surface area contributed by atoms with Crippen LogP contribution < -0.4 is 5.73 Å². The smallest absolute Gasteiger partial charge is 0.0267 e. The molecule has 66 valence electrons. The lowest BCUT2D eigenvalue weighted by Gasteiger charge is -2.24. The third-order valence-electron chi connectivity index (χ3n) is 2.75. The zero-order valence-electron chi connectivity index (χ0n) is 7.93. The summed E-state index contributed by atoms with van der Waals surface area (Å²) in [4.78, 5) is 2.49. The second kappa shape index (κ2) is 3.11. The molecule has 0 saturated carbocycles. The van der Waals surface area contributed by atoms with E-state index in [1.807, 2.05) is 0 Å². The molecule has 2 nitrogen and oxygen atoms in total. The van der Waals surface area contributed by atoms with E-state index >= 15 is 0 Å². The first-order chi connectivity index (χ1) is 5.05. The van der Waals surface area contributed by atoms with Crippen LogP contribution in [-0.2, 0) is 0 Å². The van der Waals surface area contributed by atoms with E-state index in [1.54, 1.807) is 0 Å². The summed E-state index contributed by atoms with van der Waals surface area (Å²) in [5.74, 6) is 0. The van der Waals surface area contributed by atoms with Crippen LogP contribution in [0.25, 0.3) is 0 Å². The fourth-order valence-electron chi connectivity index (χ4n) is 1.66. The molecule has 2 N–H and O–H groups in total. The quantitative estimate of drug-likeness (QED) is 0.651. The average molecular weight is 156 g/mol. The summed E-state index contributed by atoms with van der Waals surface area (Å²) in [5, 5.41) is 0. The summed E-state index contributed by atoms with van der Waals surface area (Å²) in [5.41, 5.74) is 6.09. The highest BCUT2D eigenvalue weighted by Crippen LogP contribution is 2.20. The van der Waals surface area contributed by atoms with Gasteiger partial charge >= 0.3 is 0 Å². The van der Waals surface area contributed by atoms with Crippen molar-refractivity contribution in [1.29, 1.82) is 0 Å². The van der Waals surface area contributed by atoms with Crippen LogP contribution in [0.5, 0.6) is 0 Å². The number of nitrogens with two attached hydrogens (primary N) is 1. The van der Waals surface area contributed by atoms with Crippen LogP contribution in [0.3, 0.4) is 0 Å². The van der Waals surface area contributed by atoms with E-state index in [9.17, 15) is 0 Å². The molecule has 1 aliphatic heterocycles. The van der Waals surface area contributed by atoms with Crippen LogP contribution in [0.2, 0.25) is 0 Å². The summed E-state index contributed by atoms with van der Waals surface area (Å²) < 4.78 is 0. The average Bonchev–Trinajstić information content (AvgIpc) is 2.29. The summed E-state index contributed by atoms with van der Waals surface area (Å²) in [7, 11) is 0. The van der Waals surface area contributed by atoms with Gasteiger partial charge in [0.05, 0.1) is 0 Å². The predicted molar refractivity (Wildman–Crippen MR) is 48.5 cm³/mol. The van der Waals surface area contributed by atoms with E-state index in [1.165, 1.54) is 13.0 Å². The lowest BCUT2D eigenvalue weighted by atomic mass is 10.0. The zero-order valence-corrected chi connectivity index (χ0v) is 7.93. The van der Waals surface area contributed by atoms with Gasteiger partial charge in [-0.05, 0) is 26.7 Å². The summed E-state index contributed by atoms with van der Waals surface area (Å²) in [6.45, 7) is 8.91. The fraction of sp³-hybridized carbons (Fsp3) is 1.00. The van der Waals surface area contributed by atoms with Gasteiger partial charge in [-0.1, -0.05) is 6.92 Å². The molecule has 0 radical (unpaired) electrons. The van der Waals surface area contributed by atoms with E-state index < -0.39 is 0 Å². The molecular weight excluding hydrogens is 136 g/mol. The third kappa shape index (κ3) is 2.17. The molecule has 1 saturated heterocycles. The van der Waals surface area contributed by atoms with Crippen molar-refractivity contribution in [3.8, 4) is 0 Å². The Morgan fingerprint density at radius 1 is 1.64 bits per heavy atom. The van der Waals surface area contributed by atoms with E-state index in [-0.39, 0.29) is 5.54 Å². The maximum absolute atomic E-state index is 6.02. The third-order valence-corrected chi connectivity index (χ3v) is 2.75. The Morgan fingerprint density at radius 2 is 2.27 bits per heavy atom. The highest BCUT2D eigenvalue weighted by Gasteiger charge is 2.31. The largest absolute Gasteiger partial charge is 0.324 e. The van der Waals surface area contributed by atoms with Gasteiger partial charge in [-0.3, -0.25) is 4.90 Å². The molecule has 2 unspecified atom stereocenters. The molecule has 2 heteroatoms. The fourth-order valence-corrected chi connectivity index (χ4v) is 1.66. The molecule has 0 aromatic carbocycles. The minimum absolute atomic E-state index is 0.0728.